The summed E-state index contributed by atoms with van der Waals surface area (Å²) < 4.78 is 10.9. The van der Waals surface area contributed by atoms with Gasteiger partial charge in [-0.05, 0) is 54.8 Å². The van der Waals surface area contributed by atoms with Gasteiger partial charge in [0.2, 0.25) is 0 Å². The maximum Gasteiger partial charge on any atom is 0.137 e. The van der Waals surface area contributed by atoms with Gasteiger partial charge in [0, 0.05) is 5.92 Å². The van der Waals surface area contributed by atoms with Crippen molar-refractivity contribution >= 4 is 11.6 Å². The minimum absolute atomic E-state index is 0.222. The molecule has 0 aromatic heterocycles. The number of hydrogen-bond acceptors (Lipinski definition) is 3. The van der Waals surface area contributed by atoms with E-state index < -0.39 is 0 Å². The lowest BCUT2D eigenvalue weighted by Gasteiger charge is -2.17. The van der Waals surface area contributed by atoms with Crippen molar-refractivity contribution in [3.8, 4) is 11.5 Å². The molecule has 0 aliphatic heterocycles. The van der Waals surface area contributed by atoms with Crippen molar-refractivity contribution in [3.05, 3.63) is 58.6 Å². The van der Waals surface area contributed by atoms with Crippen molar-refractivity contribution in [1.82, 2.24) is 0 Å². The first-order valence-corrected chi connectivity index (χ1v) is 8.81. The number of unbranched alkanes of at least 4 members (excludes halogenated alkanes) is 1. The maximum atomic E-state index is 6.23. The van der Waals surface area contributed by atoms with E-state index in [2.05, 4.69) is 19.1 Å². The van der Waals surface area contributed by atoms with Crippen LogP contribution >= 0.6 is 11.6 Å². The lowest BCUT2D eigenvalue weighted by atomic mass is 9.92. The topological polar surface area (TPSA) is 44.5 Å². The largest absolute Gasteiger partial charge is 0.495 e. The predicted molar refractivity (Wildman–Crippen MR) is 100 cm³/mol. The highest BCUT2D eigenvalue weighted by molar-refractivity contribution is 6.32. The van der Waals surface area contributed by atoms with Gasteiger partial charge < -0.3 is 15.2 Å². The number of methoxy groups -OCH3 is 1. The summed E-state index contributed by atoms with van der Waals surface area (Å²) in [5.74, 6) is 1.83. The third-order valence-electron chi connectivity index (χ3n) is 4.10. The van der Waals surface area contributed by atoms with E-state index in [0.717, 1.165) is 37.2 Å². The van der Waals surface area contributed by atoms with Gasteiger partial charge in [-0.3, -0.25) is 0 Å². The van der Waals surface area contributed by atoms with Gasteiger partial charge in [0.25, 0.3) is 0 Å². The molecule has 2 rings (SSSR count). The van der Waals surface area contributed by atoms with E-state index in [9.17, 15) is 0 Å². The van der Waals surface area contributed by atoms with Gasteiger partial charge in [0.05, 0.1) is 18.7 Å². The molecule has 0 amide bonds. The van der Waals surface area contributed by atoms with Crippen LogP contribution in [0.15, 0.2) is 42.5 Å². The van der Waals surface area contributed by atoms with Crippen LogP contribution in [0.5, 0.6) is 11.5 Å². The Balaban J connectivity index is 2.03. The minimum Gasteiger partial charge on any atom is -0.495 e. The highest BCUT2D eigenvalue weighted by atomic mass is 35.5. The second-order valence-corrected chi connectivity index (χ2v) is 6.28. The van der Waals surface area contributed by atoms with E-state index in [4.69, 9.17) is 26.8 Å². The van der Waals surface area contributed by atoms with Gasteiger partial charge in [0.15, 0.2) is 0 Å². The molecule has 0 spiro atoms. The van der Waals surface area contributed by atoms with Crippen molar-refractivity contribution in [2.24, 2.45) is 5.73 Å². The first-order valence-electron chi connectivity index (χ1n) is 8.43. The molecule has 0 fully saturated rings. The number of halogens is 1. The molecule has 0 radical (unpaired) electrons. The molecule has 2 aromatic rings. The van der Waals surface area contributed by atoms with E-state index in [1.807, 2.05) is 30.3 Å². The maximum absolute atomic E-state index is 6.23. The van der Waals surface area contributed by atoms with Crippen molar-refractivity contribution < 1.29 is 9.47 Å². The fourth-order valence-electron chi connectivity index (χ4n) is 2.61. The van der Waals surface area contributed by atoms with Crippen LogP contribution < -0.4 is 15.2 Å². The van der Waals surface area contributed by atoms with E-state index in [0.29, 0.717) is 17.3 Å². The highest BCUT2D eigenvalue weighted by Gasteiger charge is 2.13. The van der Waals surface area contributed by atoms with Gasteiger partial charge in [-0.25, -0.2) is 0 Å². The molecule has 0 heterocycles. The number of benzene rings is 2. The van der Waals surface area contributed by atoms with Crippen LogP contribution in [0.4, 0.5) is 0 Å². The Morgan fingerprint density at radius 3 is 2.46 bits per heavy atom. The molecular formula is C20H26ClNO2. The molecule has 24 heavy (non-hydrogen) atoms. The van der Waals surface area contributed by atoms with Gasteiger partial charge in [-0.2, -0.15) is 0 Å². The van der Waals surface area contributed by atoms with E-state index in [-0.39, 0.29) is 5.92 Å². The third-order valence-corrected chi connectivity index (χ3v) is 4.40. The fourth-order valence-corrected chi connectivity index (χ4v) is 2.88. The lowest BCUT2D eigenvalue weighted by Crippen LogP contribution is -2.15. The van der Waals surface area contributed by atoms with E-state index >= 15 is 0 Å². The van der Waals surface area contributed by atoms with Gasteiger partial charge in [-0.15, -0.1) is 0 Å². The van der Waals surface area contributed by atoms with Crippen LogP contribution in [0, 0.1) is 0 Å². The quantitative estimate of drug-likeness (QED) is 0.662. The van der Waals surface area contributed by atoms with Crippen LogP contribution in [-0.2, 0) is 6.42 Å². The average molecular weight is 348 g/mol. The van der Waals surface area contributed by atoms with Crippen molar-refractivity contribution in [2.75, 3.05) is 20.3 Å². The molecule has 3 nitrogen and oxygen atoms in total. The monoisotopic (exact) mass is 347 g/mol. The van der Waals surface area contributed by atoms with E-state index in [1.54, 1.807) is 7.11 Å². The average Bonchev–Trinajstić information content (AvgIpc) is 2.61. The van der Waals surface area contributed by atoms with Crippen LogP contribution in [0.1, 0.15) is 36.8 Å². The predicted octanol–water partition coefficient (Wildman–Crippen LogP) is 4.81. The van der Waals surface area contributed by atoms with Crippen molar-refractivity contribution in [1.29, 1.82) is 0 Å². The zero-order chi connectivity index (χ0) is 17.4. The summed E-state index contributed by atoms with van der Waals surface area (Å²) in [5, 5.41) is 0.619. The highest BCUT2D eigenvalue weighted by Crippen LogP contribution is 2.29. The molecule has 2 N–H and O–H groups in total. The molecule has 1 atom stereocenters. The number of nitrogens with two attached hydrogens (primary N) is 1. The Morgan fingerprint density at radius 1 is 1.12 bits per heavy atom. The summed E-state index contributed by atoms with van der Waals surface area (Å²) >= 11 is 6.23. The summed E-state index contributed by atoms with van der Waals surface area (Å²) in [5.41, 5.74) is 8.35. The summed E-state index contributed by atoms with van der Waals surface area (Å²) in [6, 6.07) is 14.1. The summed E-state index contributed by atoms with van der Waals surface area (Å²) in [4.78, 5) is 0. The van der Waals surface area contributed by atoms with E-state index in [1.165, 1.54) is 5.56 Å². The molecule has 1 unspecified atom stereocenters. The fraction of sp³-hybridized carbons (Fsp3) is 0.400. The third kappa shape index (κ3) is 5.15. The van der Waals surface area contributed by atoms with Crippen molar-refractivity contribution in [3.63, 3.8) is 0 Å². The second kappa shape index (κ2) is 9.55. The number of rotatable bonds is 9. The Morgan fingerprint density at radius 2 is 1.88 bits per heavy atom. The minimum atomic E-state index is 0.222. The molecule has 0 saturated carbocycles. The standard InChI is InChI=1S/C20H26ClNO2/c1-3-4-11-24-18-8-5-15(6-9-18)12-17(14-22)16-7-10-20(23-2)19(21)13-16/h5-10,13,17H,3-4,11-12,14,22H2,1-2H3. The Kier molecular flexibility index (Phi) is 7.41. The Bertz CT molecular complexity index is 628. The molecular weight excluding hydrogens is 322 g/mol. The zero-order valence-corrected chi connectivity index (χ0v) is 15.2. The van der Waals surface area contributed by atoms with Gasteiger partial charge in [-0.1, -0.05) is 43.1 Å². The molecule has 0 saturated heterocycles. The van der Waals surface area contributed by atoms with Crippen LogP contribution in [0.3, 0.4) is 0 Å². The number of ether oxygens (including phenoxy) is 2. The Hall–Kier alpha value is -1.71. The molecule has 4 heteroatoms. The second-order valence-electron chi connectivity index (χ2n) is 5.88. The molecule has 0 aliphatic rings. The van der Waals surface area contributed by atoms with Crippen LogP contribution in [0.25, 0.3) is 0 Å². The Labute approximate surface area is 149 Å². The molecule has 130 valence electrons. The van der Waals surface area contributed by atoms with Gasteiger partial charge in [0.1, 0.15) is 11.5 Å². The lowest BCUT2D eigenvalue weighted by molar-refractivity contribution is 0.309. The van der Waals surface area contributed by atoms with Crippen LogP contribution in [-0.4, -0.2) is 20.3 Å². The van der Waals surface area contributed by atoms with Gasteiger partial charge >= 0.3 is 0 Å². The summed E-state index contributed by atoms with van der Waals surface area (Å²) in [7, 11) is 1.62. The number of hydrogen-bond donors (Lipinski definition) is 1. The summed E-state index contributed by atoms with van der Waals surface area (Å²) in [6.45, 7) is 3.49. The van der Waals surface area contributed by atoms with Crippen LogP contribution in [0.2, 0.25) is 5.02 Å². The molecule has 2 aromatic carbocycles. The molecule has 0 bridgehead atoms. The zero-order valence-electron chi connectivity index (χ0n) is 14.4. The first kappa shape index (κ1) is 18.6. The van der Waals surface area contributed by atoms with Crippen molar-refractivity contribution in [2.45, 2.75) is 32.1 Å². The SMILES string of the molecule is CCCCOc1ccc(CC(CN)c2ccc(OC)c(Cl)c2)cc1. The summed E-state index contributed by atoms with van der Waals surface area (Å²) in [6.07, 6.45) is 3.09. The normalized spacial score (nSPS) is 12.0. The smallest absolute Gasteiger partial charge is 0.137 e. The molecule has 0 aliphatic carbocycles. The first-order chi connectivity index (χ1) is 11.7.